The Morgan fingerprint density at radius 2 is 1.78 bits per heavy atom. The van der Waals surface area contributed by atoms with E-state index < -0.39 is 12.0 Å². The number of aromatic nitrogens is 2. The van der Waals surface area contributed by atoms with Crippen LogP contribution in [-0.4, -0.2) is 28.8 Å². The summed E-state index contributed by atoms with van der Waals surface area (Å²) in [5.41, 5.74) is 5.75. The number of nitrogens with zero attached hydrogens (tertiary/aromatic N) is 3. The lowest BCUT2D eigenvalue weighted by Gasteiger charge is -2.27. The summed E-state index contributed by atoms with van der Waals surface area (Å²) in [5, 5.41) is 1.06. The monoisotopic (exact) mass is 761 g/mol. The van der Waals surface area contributed by atoms with Gasteiger partial charge in [-0.3, -0.25) is 9.36 Å². The smallest absolute Gasteiger partial charge is 0.338 e. The first-order chi connectivity index (χ1) is 22.2. The maximum atomic E-state index is 14.5. The van der Waals surface area contributed by atoms with Crippen LogP contribution in [-0.2, 0) is 16.1 Å². The molecule has 1 atom stereocenters. The number of carbonyl (C=O) groups is 1. The number of thiazole rings is 1. The summed E-state index contributed by atoms with van der Waals surface area (Å²) in [7, 11) is 1.59. The molecule has 3 aromatic carbocycles. The second kappa shape index (κ2) is 13.6. The third kappa shape index (κ3) is 5.94. The largest absolute Gasteiger partial charge is 0.496 e. The fourth-order valence-electron chi connectivity index (χ4n) is 6.08. The van der Waals surface area contributed by atoms with Crippen LogP contribution in [0.5, 0.6) is 5.75 Å². The van der Waals surface area contributed by atoms with Crippen molar-refractivity contribution in [2.45, 2.75) is 46.2 Å². The molecule has 0 saturated heterocycles. The number of benzene rings is 3. The highest BCUT2D eigenvalue weighted by Crippen LogP contribution is 2.38. The molecular formula is C36H33Br2N3O4S. The lowest BCUT2D eigenvalue weighted by atomic mass is 9.93. The summed E-state index contributed by atoms with van der Waals surface area (Å²) >= 11 is 8.46. The average molecular weight is 764 g/mol. The topological polar surface area (TPSA) is 74.8 Å². The summed E-state index contributed by atoms with van der Waals surface area (Å²) in [6.07, 6.45) is 3.31. The van der Waals surface area contributed by atoms with Gasteiger partial charge < -0.3 is 14.0 Å². The predicted molar refractivity (Wildman–Crippen MR) is 190 cm³/mol. The second-order valence-electron chi connectivity index (χ2n) is 11.0. The van der Waals surface area contributed by atoms with Crippen LogP contribution < -0.4 is 19.6 Å². The van der Waals surface area contributed by atoms with Gasteiger partial charge in [0.1, 0.15) is 11.8 Å². The molecule has 0 unspecified atom stereocenters. The van der Waals surface area contributed by atoms with E-state index in [4.69, 9.17) is 14.5 Å². The van der Waals surface area contributed by atoms with Gasteiger partial charge in [-0.15, -0.1) is 0 Å². The van der Waals surface area contributed by atoms with Crippen LogP contribution in [0.15, 0.2) is 96.7 Å². The molecule has 0 spiro atoms. The van der Waals surface area contributed by atoms with Crippen molar-refractivity contribution in [3.8, 4) is 5.75 Å². The Kier molecular flexibility index (Phi) is 9.49. The quantitative estimate of drug-likeness (QED) is 0.147. The van der Waals surface area contributed by atoms with Crippen LogP contribution in [0.1, 0.15) is 55.1 Å². The fourth-order valence-corrected chi connectivity index (χ4v) is 7.73. The Morgan fingerprint density at radius 1 is 1.04 bits per heavy atom. The Bertz CT molecular complexity index is 2180. The molecule has 7 nitrogen and oxygen atoms in total. The van der Waals surface area contributed by atoms with E-state index in [0.717, 1.165) is 37.5 Å². The summed E-state index contributed by atoms with van der Waals surface area (Å²) < 4.78 is 17.6. The maximum Gasteiger partial charge on any atom is 0.338 e. The highest BCUT2D eigenvalue weighted by molar-refractivity contribution is 9.10. The van der Waals surface area contributed by atoms with Gasteiger partial charge in [-0.05, 0) is 68.3 Å². The molecule has 0 saturated carbocycles. The summed E-state index contributed by atoms with van der Waals surface area (Å²) in [6.45, 7) is 6.81. The first-order valence-electron chi connectivity index (χ1n) is 15.1. The minimum Gasteiger partial charge on any atom is -0.496 e. The van der Waals surface area contributed by atoms with Crippen molar-refractivity contribution in [3.63, 3.8) is 0 Å². The molecule has 6 rings (SSSR count). The van der Waals surface area contributed by atoms with Crippen molar-refractivity contribution in [2.24, 2.45) is 4.99 Å². The van der Waals surface area contributed by atoms with E-state index in [0.29, 0.717) is 44.9 Å². The minimum atomic E-state index is -0.772. The van der Waals surface area contributed by atoms with Gasteiger partial charge in [0, 0.05) is 43.2 Å². The highest BCUT2D eigenvalue weighted by Gasteiger charge is 2.36. The molecular weight excluding hydrogens is 730 g/mol. The number of allylic oxidation sites excluding steroid dienone is 1. The van der Waals surface area contributed by atoms with Crippen LogP contribution in [0.25, 0.3) is 17.0 Å². The van der Waals surface area contributed by atoms with Crippen LogP contribution in [0.4, 0.5) is 0 Å². The van der Waals surface area contributed by atoms with Gasteiger partial charge >= 0.3 is 5.97 Å². The number of hydrogen-bond acceptors (Lipinski definition) is 6. The molecule has 0 radical (unpaired) electrons. The first-order valence-corrected chi connectivity index (χ1v) is 17.5. The number of fused-ring (bicyclic) bond motifs is 2. The number of methoxy groups -OCH3 is 1. The molecule has 1 aliphatic heterocycles. The van der Waals surface area contributed by atoms with Crippen LogP contribution in [0, 0.1) is 6.92 Å². The molecule has 0 amide bonds. The van der Waals surface area contributed by atoms with E-state index in [-0.39, 0.29) is 12.2 Å². The second-order valence-corrected chi connectivity index (χ2v) is 13.9. The molecule has 0 aliphatic carbocycles. The Labute approximate surface area is 287 Å². The van der Waals surface area contributed by atoms with E-state index in [9.17, 15) is 9.59 Å². The molecule has 2 aromatic heterocycles. The molecule has 0 N–H and O–H groups in total. The summed E-state index contributed by atoms with van der Waals surface area (Å²) in [5.74, 6) is 0.0806. The summed E-state index contributed by atoms with van der Waals surface area (Å²) in [6, 6.07) is 21.4. The fraction of sp³-hybridized carbons (Fsp3) is 0.250. The number of halogens is 2. The number of hydrogen-bond donors (Lipinski definition) is 0. The lowest BCUT2D eigenvalue weighted by molar-refractivity contribution is -0.139. The van der Waals surface area contributed by atoms with Crippen molar-refractivity contribution in [1.82, 2.24) is 9.13 Å². The van der Waals surface area contributed by atoms with E-state index in [1.54, 1.807) is 18.6 Å². The molecule has 0 fully saturated rings. The van der Waals surface area contributed by atoms with Gasteiger partial charge in [0.05, 0.1) is 29.5 Å². The van der Waals surface area contributed by atoms with Gasteiger partial charge in [0.15, 0.2) is 4.80 Å². The van der Waals surface area contributed by atoms with Gasteiger partial charge in [-0.1, -0.05) is 86.9 Å². The zero-order valence-corrected chi connectivity index (χ0v) is 30.0. The van der Waals surface area contributed by atoms with E-state index >= 15 is 0 Å². The van der Waals surface area contributed by atoms with Crippen molar-refractivity contribution in [2.75, 3.05) is 13.7 Å². The standard InChI is InChI=1S/C36H33Br2N3O4S/c1-5-9-28-32(35(43)45-6-2)33(27-18-24(38)16-17-30(27)44-4)41-34(42)31(46-36(41)39-28)19-26-21(3)40(29-11-8-7-10-25(26)29)20-22-12-14-23(37)15-13-22/h7-8,10-19,33H,5-6,9,20H2,1-4H3/b31-19+/t33-/m0/s1. The zero-order chi connectivity index (χ0) is 32.5. The maximum absolute atomic E-state index is 14.5. The number of esters is 1. The molecule has 236 valence electrons. The van der Waals surface area contributed by atoms with Crippen molar-refractivity contribution in [3.05, 3.63) is 129 Å². The van der Waals surface area contributed by atoms with Crippen molar-refractivity contribution >= 4 is 66.1 Å². The zero-order valence-electron chi connectivity index (χ0n) is 26.0. The van der Waals surface area contributed by atoms with Crippen LogP contribution in [0.3, 0.4) is 0 Å². The van der Waals surface area contributed by atoms with Gasteiger partial charge in [-0.2, -0.15) is 0 Å². The number of para-hydroxylation sites is 1. The Hall–Kier alpha value is -3.73. The molecule has 46 heavy (non-hydrogen) atoms. The summed E-state index contributed by atoms with van der Waals surface area (Å²) in [4.78, 5) is 33.6. The molecule has 5 aromatic rings. The normalized spacial score (nSPS) is 14.8. The molecule has 10 heteroatoms. The number of rotatable bonds is 9. The average Bonchev–Trinajstić information content (AvgIpc) is 3.50. The predicted octanol–water partition coefficient (Wildman–Crippen LogP) is 7.42. The SMILES string of the molecule is CCCC1=C(C(=O)OCC)[C@H](c2cc(Br)ccc2OC)n2c(s/c(=C/c3c(C)n(Cc4ccc(Br)cc4)c4ccccc34)c2=O)=N1. The lowest BCUT2D eigenvalue weighted by Crippen LogP contribution is -2.40. The van der Waals surface area contributed by atoms with Crippen LogP contribution in [0.2, 0.25) is 0 Å². The molecule has 3 heterocycles. The minimum absolute atomic E-state index is 0.206. The van der Waals surface area contributed by atoms with Gasteiger partial charge in [-0.25, -0.2) is 9.79 Å². The highest BCUT2D eigenvalue weighted by atomic mass is 79.9. The number of ether oxygens (including phenoxy) is 2. The third-order valence-electron chi connectivity index (χ3n) is 8.19. The Balaban J connectivity index is 1.59. The van der Waals surface area contributed by atoms with E-state index in [1.807, 2.05) is 55.5 Å². The molecule has 0 bridgehead atoms. The van der Waals surface area contributed by atoms with E-state index in [1.165, 1.54) is 16.9 Å². The number of carbonyl (C=O) groups excluding carboxylic acids is 1. The van der Waals surface area contributed by atoms with Crippen molar-refractivity contribution < 1.29 is 14.3 Å². The molecule has 1 aliphatic rings. The Morgan fingerprint density at radius 3 is 2.50 bits per heavy atom. The van der Waals surface area contributed by atoms with Crippen molar-refractivity contribution in [1.29, 1.82) is 0 Å². The van der Waals surface area contributed by atoms with E-state index in [2.05, 4.69) is 67.6 Å². The first kappa shape index (κ1) is 32.2. The third-order valence-corrected chi connectivity index (χ3v) is 10.2. The van der Waals surface area contributed by atoms with Gasteiger partial charge in [0.25, 0.3) is 5.56 Å². The van der Waals surface area contributed by atoms with Crippen LogP contribution >= 0.6 is 43.2 Å². The van der Waals surface area contributed by atoms with Gasteiger partial charge in [0.2, 0.25) is 0 Å².